The Bertz CT molecular complexity index is 677. The average molecular weight is 362 g/mol. The van der Waals surface area contributed by atoms with Crippen LogP contribution in [0.5, 0.6) is 5.75 Å². The van der Waals surface area contributed by atoms with Crippen LogP contribution in [0.4, 0.5) is 4.79 Å². The molecule has 1 saturated heterocycles. The molecule has 2 rings (SSSR count). The van der Waals surface area contributed by atoms with Gasteiger partial charge in [0.15, 0.2) is 0 Å². The highest BCUT2D eigenvalue weighted by molar-refractivity contribution is 5.91. The third kappa shape index (κ3) is 4.87. The lowest BCUT2D eigenvalue weighted by Gasteiger charge is -2.36. The minimum absolute atomic E-state index is 0.00748. The van der Waals surface area contributed by atoms with Crippen LogP contribution in [0.15, 0.2) is 24.3 Å². The summed E-state index contributed by atoms with van der Waals surface area (Å²) in [5.74, 6) is 0.197. The molecule has 142 valence electrons. The maximum atomic E-state index is 12.6. The largest absolute Gasteiger partial charge is 0.497 e. The topological polar surface area (TPSA) is 105 Å². The number of methoxy groups -OCH3 is 1. The molecule has 1 aromatic carbocycles. The predicted octanol–water partition coefficient (Wildman–Crippen LogP) is 0.559. The highest BCUT2D eigenvalue weighted by Crippen LogP contribution is 2.16. The minimum Gasteiger partial charge on any atom is -0.497 e. The van der Waals surface area contributed by atoms with Crippen molar-refractivity contribution in [2.45, 2.75) is 26.4 Å². The van der Waals surface area contributed by atoms with Gasteiger partial charge in [-0.3, -0.25) is 9.59 Å². The van der Waals surface area contributed by atoms with Gasteiger partial charge in [-0.15, -0.1) is 0 Å². The highest BCUT2D eigenvalue weighted by atomic mass is 16.5. The summed E-state index contributed by atoms with van der Waals surface area (Å²) in [4.78, 5) is 39.4. The van der Waals surface area contributed by atoms with Crippen molar-refractivity contribution in [3.63, 3.8) is 0 Å². The molecule has 3 N–H and O–H groups in total. The number of hydrogen-bond acceptors (Lipinski definition) is 4. The maximum absolute atomic E-state index is 12.6. The number of urea groups is 1. The Kier molecular flexibility index (Phi) is 6.43. The van der Waals surface area contributed by atoms with E-state index in [2.05, 4.69) is 5.32 Å². The molecule has 0 saturated carbocycles. The summed E-state index contributed by atoms with van der Waals surface area (Å²) < 4.78 is 5.20. The Morgan fingerprint density at radius 1 is 1.31 bits per heavy atom. The number of primary amides is 1. The van der Waals surface area contributed by atoms with Crippen molar-refractivity contribution >= 4 is 17.8 Å². The molecular formula is C18H26N4O4. The summed E-state index contributed by atoms with van der Waals surface area (Å²) in [5.41, 5.74) is 6.12. The number of amides is 4. The van der Waals surface area contributed by atoms with Gasteiger partial charge < -0.3 is 25.6 Å². The van der Waals surface area contributed by atoms with Gasteiger partial charge in [0, 0.05) is 19.6 Å². The SMILES string of the molecule is COc1cccc(CN2CCN(C(=O)[C@@H](NC(N)=O)C(C)C)CC2=O)c1. The summed E-state index contributed by atoms with van der Waals surface area (Å²) in [6.07, 6.45) is 0. The zero-order chi connectivity index (χ0) is 19.3. The standard InChI is InChI=1S/C18H26N4O4/c1-12(2)16(20-18(19)25)17(24)22-8-7-21(15(23)11-22)10-13-5-4-6-14(9-13)26-3/h4-6,9,12,16H,7-8,10-11H2,1-3H3,(H3,19,20,25)/t16-/m0/s1. The highest BCUT2D eigenvalue weighted by Gasteiger charge is 2.33. The molecule has 0 aromatic heterocycles. The van der Waals surface area contributed by atoms with Gasteiger partial charge in [-0.1, -0.05) is 26.0 Å². The molecule has 0 unspecified atom stereocenters. The summed E-state index contributed by atoms with van der Waals surface area (Å²) >= 11 is 0. The Morgan fingerprint density at radius 2 is 2.04 bits per heavy atom. The number of rotatable bonds is 6. The van der Waals surface area contributed by atoms with Crippen LogP contribution in [0.25, 0.3) is 0 Å². The molecule has 26 heavy (non-hydrogen) atoms. The molecule has 0 aliphatic carbocycles. The van der Waals surface area contributed by atoms with Crippen molar-refractivity contribution in [3.05, 3.63) is 29.8 Å². The lowest BCUT2D eigenvalue weighted by atomic mass is 10.0. The van der Waals surface area contributed by atoms with Crippen molar-refractivity contribution in [1.82, 2.24) is 15.1 Å². The van der Waals surface area contributed by atoms with Gasteiger partial charge in [0.2, 0.25) is 11.8 Å². The molecule has 4 amide bonds. The molecule has 0 radical (unpaired) electrons. The van der Waals surface area contributed by atoms with Crippen molar-refractivity contribution in [3.8, 4) is 5.75 Å². The number of hydrogen-bond donors (Lipinski definition) is 2. The number of benzene rings is 1. The normalized spacial score (nSPS) is 15.8. The van der Waals surface area contributed by atoms with Gasteiger partial charge in [0.05, 0.1) is 13.7 Å². The fraction of sp³-hybridized carbons (Fsp3) is 0.500. The van der Waals surface area contributed by atoms with E-state index in [9.17, 15) is 14.4 Å². The van der Waals surface area contributed by atoms with Crippen molar-refractivity contribution in [2.24, 2.45) is 11.7 Å². The van der Waals surface area contributed by atoms with Crippen LogP contribution >= 0.6 is 0 Å². The van der Waals surface area contributed by atoms with E-state index in [-0.39, 0.29) is 24.3 Å². The second-order valence-electron chi connectivity index (χ2n) is 6.66. The van der Waals surface area contributed by atoms with E-state index in [0.29, 0.717) is 19.6 Å². The van der Waals surface area contributed by atoms with Crippen LogP contribution in [0.2, 0.25) is 0 Å². The zero-order valence-corrected chi connectivity index (χ0v) is 15.4. The summed E-state index contributed by atoms with van der Waals surface area (Å²) in [5, 5.41) is 2.46. The molecule has 1 aliphatic rings. The Balaban J connectivity index is 1.99. The summed E-state index contributed by atoms with van der Waals surface area (Å²) in [6, 6.07) is 6.06. The van der Waals surface area contributed by atoms with Crippen molar-refractivity contribution < 1.29 is 19.1 Å². The number of nitrogens with one attached hydrogen (secondary N) is 1. The summed E-state index contributed by atoms with van der Waals surface area (Å²) in [7, 11) is 1.60. The fourth-order valence-electron chi connectivity index (χ4n) is 2.92. The van der Waals surface area contributed by atoms with Gasteiger partial charge in [0.1, 0.15) is 11.8 Å². The van der Waals surface area contributed by atoms with Crippen LogP contribution in [-0.2, 0) is 16.1 Å². The van der Waals surface area contributed by atoms with E-state index in [1.807, 2.05) is 38.1 Å². The number of carbonyl (C=O) groups is 3. The summed E-state index contributed by atoms with van der Waals surface area (Å²) in [6.45, 7) is 4.94. The Morgan fingerprint density at radius 3 is 2.62 bits per heavy atom. The smallest absolute Gasteiger partial charge is 0.312 e. The van der Waals surface area contributed by atoms with Gasteiger partial charge in [0.25, 0.3) is 0 Å². The van der Waals surface area contributed by atoms with Crippen LogP contribution < -0.4 is 15.8 Å². The van der Waals surface area contributed by atoms with Crippen molar-refractivity contribution in [1.29, 1.82) is 0 Å². The first kappa shape index (κ1) is 19.6. The van der Waals surface area contributed by atoms with E-state index in [0.717, 1.165) is 11.3 Å². The third-order valence-corrected chi connectivity index (χ3v) is 4.37. The molecular weight excluding hydrogens is 336 g/mol. The first-order chi connectivity index (χ1) is 12.3. The lowest BCUT2D eigenvalue weighted by molar-refractivity contribution is -0.147. The van der Waals surface area contributed by atoms with E-state index in [1.165, 1.54) is 4.90 Å². The average Bonchev–Trinajstić information content (AvgIpc) is 2.60. The van der Waals surface area contributed by atoms with Gasteiger partial charge in [-0.25, -0.2) is 4.79 Å². The van der Waals surface area contributed by atoms with E-state index in [4.69, 9.17) is 10.5 Å². The second-order valence-corrected chi connectivity index (χ2v) is 6.66. The van der Waals surface area contributed by atoms with E-state index in [1.54, 1.807) is 12.0 Å². The predicted molar refractivity (Wildman–Crippen MR) is 96.3 cm³/mol. The number of nitrogens with zero attached hydrogens (tertiary/aromatic N) is 2. The first-order valence-electron chi connectivity index (χ1n) is 8.57. The molecule has 1 aliphatic heterocycles. The number of ether oxygens (including phenoxy) is 1. The number of carbonyl (C=O) groups excluding carboxylic acids is 3. The van der Waals surface area contributed by atoms with Gasteiger partial charge in [-0.2, -0.15) is 0 Å². The van der Waals surface area contributed by atoms with Gasteiger partial charge in [-0.05, 0) is 23.6 Å². The Labute approximate surface area is 153 Å². The van der Waals surface area contributed by atoms with Crippen molar-refractivity contribution in [2.75, 3.05) is 26.7 Å². The van der Waals surface area contributed by atoms with Gasteiger partial charge >= 0.3 is 6.03 Å². The lowest BCUT2D eigenvalue weighted by Crippen LogP contribution is -2.58. The first-order valence-corrected chi connectivity index (χ1v) is 8.57. The molecule has 0 spiro atoms. The monoisotopic (exact) mass is 362 g/mol. The number of nitrogens with two attached hydrogens (primary N) is 1. The molecule has 1 aromatic rings. The van der Waals surface area contributed by atoms with E-state index < -0.39 is 12.1 Å². The van der Waals surface area contributed by atoms with Crippen LogP contribution in [0.3, 0.4) is 0 Å². The molecule has 1 heterocycles. The quantitative estimate of drug-likeness (QED) is 0.771. The fourth-order valence-corrected chi connectivity index (χ4v) is 2.92. The third-order valence-electron chi connectivity index (χ3n) is 4.37. The zero-order valence-electron chi connectivity index (χ0n) is 15.4. The van der Waals surface area contributed by atoms with Crippen LogP contribution in [0.1, 0.15) is 19.4 Å². The minimum atomic E-state index is -0.750. The molecule has 1 fully saturated rings. The van der Waals surface area contributed by atoms with Crippen LogP contribution in [0, 0.1) is 5.92 Å². The number of piperazine rings is 1. The molecule has 8 nitrogen and oxygen atoms in total. The molecule has 8 heteroatoms. The maximum Gasteiger partial charge on any atom is 0.312 e. The van der Waals surface area contributed by atoms with E-state index >= 15 is 0 Å². The Hall–Kier alpha value is -2.77. The molecule has 0 bridgehead atoms. The van der Waals surface area contributed by atoms with Crippen LogP contribution in [-0.4, -0.2) is 60.4 Å². The molecule has 1 atom stereocenters. The second kappa shape index (κ2) is 8.55.